The van der Waals surface area contributed by atoms with Crippen LogP contribution in [0.15, 0.2) is 65.2 Å². The van der Waals surface area contributed by atoms with Crippen LogP contribution in [0.5, 0.6) is 11.5 Å². The molecule has 4 aromatic rings. The van der Waals surface area contributed by atoms with Crippen LogP contribution in [-0.4, -0.2) is 62.2 Å². The van der Waals surface area contributed by atoms with E-state index in [4.69, 9.17) is 30.3 Å². The van der Waals surface area contributed by atoms with Crippen molar-refractivity contribution in [2.75, 3.05) is 39.5 Å². The summed E-state index contributed by atoms with van der Waals surface area (Å²) in [5.74, 6) is 0.279. The van der Waals surface area contributed by atoms with Crippen molar-refractivity contribution in [1.29, 1.82) is 0 Å². The van der Waals surface area contributed by atoms with E-state index >= 15 is 4.39 Å². The van der Waals surface area contributed by atoms with Crippen molar-refractivity contribution >= 4 is 17.9 Å². The molecule has 224 valence electrons. The maximum absolute atomic E-state index is 15.6. The van der Waals surface area contributed by atoms with Gasteiger partial charge in [-0.3, -0.25) is 14.1 Å². The number of benzene rings is 3. The molecule has 43 heavy (non-hydrogen) atoms. The Hall–Kier alpha value is -3.79. The first kappa shape index (κ1) is 29.3. The predicted octanol–water partition coefficient (Wildman–Crippen LogP) is 7.47. The van der Waals surface area contributed by atoms with Crippen LogP contribution in [0.3, 0.4) is 0 Å². The number of aldehydes is 1. The van der Waals surface area contributed by atoms with Crippen LogP contribution in [0, 0.1) is 11.7 Å². The van der Waals surface area contributed by atoms with Crippen molar-refractivity contribution in [2.45, 2.75) is 25.6 Å². The van der Waals surface area contributed by atoms with Gasteiger partial charge in [-0.05, 0) is 55.3 Å². The summed E-state index contributed by atoms with van der Waals surface area (Å²) in [6.07, 6.45) is 3.18. The van der Waals surface area contributed by atoms with Crippen LogP contribution in [0.25, 0.3) is 33.7 Å². The first-order valence-electron chi connectivity index (χ1n) is 14.4. The quantitative estimate of drug-likeness (QED) is 0.164. The monoisotopic (exact) mass is 608 g/mol. The average molecular weight is 609 g/mol. The minimum atomic E-state index is -0.696. The molecule has 1 atom stereocenters. The zero-order chi connectivity index (χ0) is 29.8. The van der Waals surface area contributed by atoms with Gasteiger partial charge in [-0.2, -0.15) is 0 Å². The molecule has 2 aliphatic rings. The third kappa shape index (κ3) is 6.44. The van der Waals surface area contributed by atoms with Gasteiger partial charge in [-0.15, -0.1) is 0 Å². The highest BCUT2D eigenvalue weighted by Gasteiger charge is 2.29. The highest BCUT2D eigenvalue weighted by molar-refractivity contribution is 6.33. The van der Waals surface area contributed by atoms with E-state index in [1.807, 2.05) is 35.2 Å². The van der Waals surface area contributed by atoms with Crippen LogP contribution in [0.2, 0.25) is 5.02 Å². The molecule has 3 heterocycles. The number of hydrogen-bond donors (Lipinski definition) is 0. The highest BCUT2D eigenvalue weighted by Crippen LogP contribution is 2.46. The van der Waals surface area contributed by atoms with Gasteiger partial charge in [0.05, 0.1) is 23.9 Å². The predicted molar refractivity (Wildman–Crippen MR) is 159 cm³/mol. The standard InChI is InChI=1S/C33H31ClF2N2O5/c34-27-6-2-1-5-25(27)31-30(32(43-37-31)23-8-10-24(11-9-23)42-29-7-3-4-13-40-29)26-15-21(20-39)16-28(36)33(26)41-14-12-38-18-22(17-35)19-38/h1-2,5-6,8-11,15-16,20,22,29H,3-4,7,12-14,17-19H2. The van der Waals surface area contributed by atoms with Crippen LogP contribution < -0.4 is 9.47 Å². The van der Waals surface area contributed by atoms with E-state index in [-0.39, 0.29) is 36.8 Å². The first-order chi connectivity index (χ1) is 21.0. The molecule has 7 nitrogen and oxygen atoms in total. The second-order valence-electron chi connectivity index (χ2n) is 10.8. The number of alkyl halides is 1. The lowest BCUT2D eigenvalue weighted by atomic mass is 9.94. The van der Waals surface area contributed by atoms with Gasteiger partial charge in [0.25, 0.3) is 0 Å². The third-order valence-corrected chi connectivity index (χ3v) is 8.05. The summed E-state index contributed by atoms with van der Waals surface area (Å²) >= 11 is 6.58. The molecule has 10 heteroatoms. The van der Waals surface area contributed by atoms with E-state index in [1.54, 1.807) is 24.3 Å². The smallest absolute Gasteiger partial charge is 0.199 e. The highest BCUT2D eigenvalue weighted by atomic mass is 35.5. The Labute approximate surface area is 253 Å². The summed E-state index contributed by atoms with van der Waals surface area (Å²) in [6, 6.07) is 17.1. The zero-order valence-corrected chi connectivity index (χ0v) is 24.2. The molecule has 3 aromatic carbocycles. The van der Waals surface area contributed by atoms with E-state index in [0.29, 0.717) is 77.0 Å². The fraction of sp³-hybridized carbons (Fsp3) is 0.333. The fourth-order valence-corrected chi connectivity index (χ4v) is 5.69. The Kier molecular flexibility index (Phi) is 9.02. The van der Waals surface area contributed by atoms with E-state index in [2.05, 4.69) is 5.16 Å². The molecule has 0 radical (unpaired) electrons. The Balaban J connectivity index is 1.39. The molecule has 0 amide bonds. The second-order valence-corrected chi connectivity index (χ2v) is 11.2. The number of nitrogens with zero attached hydrogens (tertiary/aromatic N) is 2. The van der Waals surface area contributed by atoms with Gasteiger partial charge in [0.15, 0.2) is 23.6 Å². The normalized spacial score (nSPS) is 17.4. The summed E-state index contributed by atoms with van der Waals surface area (Å²) in [4.78, 5) is 13.9. The van der Waals surface area contributed by atoms with Gasteiger partial charge in [0.1, 0.15) is 24.3 Å². The van der Waals surface area contributed by atoms with Gasteiger partial charge in [-0.1, -0.05) is 35.0 Å². The SMILES string of the molecule is O=Cc1cc(F)c(OCCN2CC(CF)C2)c(-c2c(-c3ccccc3Cl)noc2-c2ccc(OC3CCCCO3)cc2)c1. The van der Waals surface area contributed by atoms with Gasteiger partial charge in [0, 0.05) is 54.2 Å². The molecule has 2 saturated heterocycles. The third-order valence-electron chi connectivity index (χ3n) is 7.72. The maximum atomic E-state index is 15.6. The van der Waals surface area contributed by atoms with Crippen molar-refractivity contribution in [2.24, 2.45) is 5.92 Å². The molecule has 1 unspecified atom stereocenters. The number of likely N-dealkylation sites (tertiary alicyclic amines) is 1. The molecule has 6 rings (SSSR count). The topological polar surface area (TPSA) is 74.0 Å². The van der Waals surface area contributed by atoms with Crippen LogP contribution in [0.1, 0.15) is 29.6 Å². The molecule has 2 aliphatic heterocycles. The van der Waals surface area contributed by atoms with E-state index in [1.165, 1.54) is 0 Å². The van der Waals surface area contributed by atoms with Crippen molar-refractivity contribution in [1.82, 2.24) is 10.1 Å². The Morgan fingerprint density at radius 3 is 2.60 bits per heavy atom. The van der Waals surface area contributed by atoms with Crippen molar-refractivity contribution in [3.63, 3.8) is 0 Å². The lowest BCUT2D eigenvalue weighted by molar-refractivity contribution is -0.105. The van der Waals surface area contributed by atoms with Gasteiger partial charge in [-0.25, -0.2) is 4.39 Å². The maximum Gasteiger partial charge on any atom is 0.199 e. The lowest BCUT2D eigenvalue weighted by Gasteiger charge is -2.37. The number of aromatic nitrogens is 1. The minimum absolute atomic E-state index is 0.0314. The van der Waals surface area contributed by atoms with Crippen LogP contribution in [-0.2, 0) is 4.74 Å². The number of halogens is 3. The van der Waals surface area contributed by atoms with Gasteiger partial charge < -0.3 is 18.7 Å². The number of ether oxygens (including phenoxy) is 3. The molecular weight excluding hydrogens is 578 g/mol. The number of carbonyl (C=O) groups is 1. The summed E-state index contributed by atoms with van der Waals surface area (Å²) in [5.41, 5.74) is 2.45. The first-order valence-corrected chi connectivity index (χ1v) is 14.7. The molecule has 0 saturated carbocycles. The molecule has 1 aromatic heterocycles. The summed E-state index contributed by atoms with van der Waals surface area (Å²) < 4.78 is 52.1. The second kappa shape index (κ2) is 13.2. The van der Waals surface area contributed by atoms with Gasteiger partial charge in [0.2, 0.25) is 0 Å². The van der Waals surface area contributed by atoms with Crippen LogP contribution >= 0.6 is 11.6 Å². The van der Waals surface area contributed by atoms with Crippen molar-refractivity contribution in [3.8, 4) is 45.2 Å². The number of carbonyl (C=O) groups excluding carboxylic acids is 1. The largest absolute Gasteiger partial charge is 0.489 e. The molecule has 0 bridgehead atoms. The fourth-order valence-electron chi connectivity index (χ4n) is 5.46. The summed E-state index contributed by atoms with van der Waals surface area (Å²) in [7, 11) is 0. The number of hydrogen-bond acceptors (Lipinski definition) is 7. The average Bonchev–Trinajstić information content (AvgIpc) is 3.44. The summed E-state index contributed by atoms with van der Waals surface area (Å²) in [6.45, 7) is 2.26. The van der Waals surface area contributed by atoms with Crippen molar-refractivity contribution < 1.29 is 32.3 Å². The zero-order valence-electron chi connectivity index (χ0n) is 23.4. The number of rotatable bonds is 11. The molecule has 2 fully saturated rings. The Morgan fingerprint density at radius 1 is 1.07 bits per heavy atom. The molecule has 0 spiro atoms. The Morgan fingerprint density at radius 2 is 1.88 bits per heavy atom. The molecule has 0 aliphatic carbocycles. The minimum Gasteiger partial charge on any atom is -0.489 e. The van der Waals surface area contributed by atoms with E-state index in [9.17, 15) is 9.18 Å². The lowest BCUT2D eigenvalue weighted by Crippen LogP contribution is -2.49. The Bertz CT molecular complexity index is 1570. The molecule has 0 N–H and O–H groups in total. The van der Waals surface area contributed by atoms with Gasteiger partial charge >= 0.3 is 0 Å². The van der Waals surface area contributed by atoms with E-state index in [0.717, 1.165) is 25.3 Å². The molecular formula is C33H31ClF2N2O5. The summed E-state index contributed by atoms with van der Waals surface area (Å²) in [5, 5.41) is 4.80. The van der Waals surface area contributed by atoms with Crippen molar-refractivity contribution in [3.05, 3.63) is 77.1 Å². The van der Waals surface area contributed by atoms with E-state index < -0.39 is 5.82 Å². The van der Waals surface area contributed by atoms with Crippen LogP contribution in [0.4, 0.5) is 8.78 Å².